The zero-order valence-electron chi connectivity index (χ0n) is 15.9. The Labute approximate surface area is 164 Å². The summed E-state index contributed by atoms with van der Waals surface area (Å²) in [7, 11) is 0. The normalized spacial score (nSPS) is 25.7. The van der Waals surface area contributed by atoms with Crippen LogP contribution in [0.25, 0.3) is 11.2 Å². The Kier molecular flexibility index (Phi) is 5.37. The maximum absolute atomic E-state index is 12.4. The highest BCUT2D eigenvalue weighted by molar-refractivity contribution is 6.29. The van der Waals surface area contributed by atoms with E-state index in [-0.39, 0.29) is 12.0 Å². The van der Waals surface area contributed by atoms with Crippen LogP contribution in [0.3, 0.4) is 0 Å². The van der Waals surface area contributed by atoms with Gasteiger partial charge in [-0.1, -0.05) is 25.4 Å². The van der Waals surface area contributed by atoms with E-state index in [4.69, 9.17) is 16.3 Å². The lowest BCUT2D eigenvalue weighted by molar-refractivity contribution is -0.117. The molecule has 0 saturated heterocycles. The number of rotatable bonds is 6. The summed E-state index contributed by atoms with van der Waals surface area (Å²) in [5, 5.41) is 3.40. The van der Waals surface area contributed by atoms with Gasteiger partial charge in [-0.05, 0) is 56.1 Å². The number of nitrogens with one attached hydrogen (secondary N) is 1. The molecule has 2 fully saturated rings. The minimum Gasteiger partial charge on any atom is -0.378 e. The fourth-order valence-corrected chi connectivity index (χ4v) is 4.20. The SMILES string of the molecule is C[C@@H]1CC(OCCC(=O)Nc2nc3ccc(Cl)nc3n2C2CCC2)C[C@@H]1C. The van der Waals surface area contributed by atoms with Crippen molar-refractivity contribution in [2.24, 2.45) is 11.8 Å². The third-order valence-electron chi connectivity index (χ3n) is 6.12. The van der Waals surface area contributed by atoms with E-state index in [9.17, 15) is 4.79 Å². The largest absolute Gasteiger partial charge is 0.378 e. The van der Waals surface area contributed by atoms with Gasteiger partial charge in [-0.25, -0.2) is 9.97 Å². The number of halogens is 1. The van der Waals surface area contributed by atoms with Crippen LogP contribution in [0.5, 0.6) is 0 Å². The molecule has 2 aromatic heterocycles. The molecule has 7 heteroatoms. The van der Waals surface area contributed by atoms with Crippen LogP contribution in [0.1, 0.15) is 58.4 Å². The fraction of sp³-hybridized carbons (Fsp3) is 0.650. The summed E-state index contributed by atoms with van der Waals surface area (Å²) in [6, 6.07) is 3.90. The number of hydrogen-bond acceptors (Lipinski definition) is 4. The Morgan fingerprint density at radius 1 is 1.26 bits per heavy atom. The molecule has 4 rings (SSSR count). The molecule has 1 amide bonds. The van der Waals surface area contributed by atoms with Gasteiger partial charge in [0.15, 0.2) is 5.65 Å². The van der Waals surface area contributed by atoms with E-state index < -0.39 is 0 Å². The second-order valence-electron chi connectivity index (χ2n) is 8.08. The predicted octanol–water partition coefficient (Wildman–Crippen LogP) is 4.59. The number of nitrogens with zero attached hydrogens (tertiary/aromatic N) is 3. The van der Waals surface area contributed by atoms with Gasteiger partial charge in [0.1, 0.15) is 10.7 Å². The molecule has 6 nitrogen and oxygen atoms in total. The van der Waals surface area contributed by atoms with E-state index in [0.717, 1.165) is 36.8 Å². The summed E-state index contributed by atoms with van der Waals surface area (Å²) in [5.41, 5.74) is 1.50. The molecule has 0 bridgehead atoms. The zero-order valence-corrected chi connectivity index (χ0v) is 16.7. The molecular weight excluding hydrogens is 364 g/mol. The number of fused-ring (bicyclic) bond motifs is 1. The predicted molar refractivity (Wildman–Crippen MR) is 106 cm³/mol. The molecule has 2 heterocycles. The summed E-state index contributed by atoms with van der Waals surface area (Å²) in [6.45, 7) is 4.99. The van der Waals surface area contributed by atoms with E-state index in [1.165, 1.54) is 6.42 Å². The van der Waals surface area contributed by atoms with E-state index in [2.05, 4.69) is 29.1 Å². The lowest BCUT2D eigenvalue weighted by Crippen LogP contribution is -2.23. The highest BCUT2D eigenvalue weighted by atomic mass is 35.5. The number of anilines is 1. The molecular formula is C20H27ClN4O2. The van der Waals surface area contributed by atoms with Gasteiger partial charge in [0.05, 0.1) is 19.1 Å². The van der Waals surface area contributed by atoms with Gasteiger partial charge in [-0.15, -0.1) is 0 Å². The van der Waals surface area contributed by atoms with Crippen molar-refractivity contribution in [2.75, 3.05) is 11.9 Å². The first-order valence-electron chi connectivity index (χ1n) is 9.97. The average Bonchev–Trinajstić information content (AvgIpc) is 3.07. The third kappa shape index (κ3) is 3.97. The Morgan fingerprint density at radius 2 is 2.00 bits per heavy atom. The van der Waals surface area contributed by atoms with Crippen LogP contribution in [-0.4, -0.2) is 33.2 Å². The Morgan fingerprint density at radius 3 is 2.67 bits per heavy atom. The van der Waals surface area contributed by atoms with Gasteiger partial charge in [0.2, 0.25) is 11.9 Å². The highest BCUT2D eigenvalue weighted by Gasteiger charge is 2.29. The molecule has 2 aromatic rings. The van der Waals surface area contributed by atoms with Crippen LogP contribution in [0.2, 0.25) is 5.15 Å². The van der Waals surface area contributed by atoms with Gasteiger partial charge < -0.3 is 4.74 Å². The van der Waals surface area contributed by atoms with Crippen LogP contribution in [-0.2, 0) is 9.53 Å². The molecule has 0 aromatic carbocycles. The van der Waals surface area contributed by atoms with Crippen molar-refractivity contribution >= 4 is 34.6 Å². The molecule has 0 aliphatic heterocycles. The van der Waals surface area contributed by atoms with E-state index in [0.29, 0.717) is 42.0 Å². The maximum atomic E-state index is 12.4. The van der Waals surface area contributed by atoms with Crippen molar-refractivity contribution in [1.82, 2.24) is 14.5 Å². The molecule has 2 aliphatic rings. The van der Waals surface area contributed by atoms with Crippen molar-refractivity contribution in [3.63, 3.8) is 0 Å². The Balaban J connectivity index is 1.40. The number of amides is 1. The number of carbonyl (C=O) groups is 1. The number of ether oxygens (including phenoxy) is 1. The van der Waals surface area contributed by atoms with Crippen LogP contribution < -0.4 is 5.32 Å². The topological polar surface area (TPSA) is 69.0 Å². The second kappa shape index (κ2) is 7.76. The Hall–Kier alpha value is -1.66. The van der Waals surface area contributed by atoms with Crippen LogP contribution in [0.15, 0.2) is 12.1 Å². The van der Waals surface area contributed by atoms with Crippen molar-refractivity contribution in [1.29, 1.82) is 0 Å². The molecule has 2 aliphatic carbocycles. The molecule has 2 saturated carbocycles. The van der Waals surface area contributed by atoms with Crippen LogP contribution in [0, 0.1) is 11.8 Å². The minimum absolute atomic E-state index is 0.0731. The van der Waals surface area contributed by atoms with Gasteiger partial charge in [-0.3, -0.25) is 14.7 Å². The first-order chi connectivity index (χ1) is 13.0. The summed E-state index contributed by atoms with van der Waals surface area (Å²) in [5.74, 6) is 1.89. The standard InChI is InChI=1S/C20H27ClN4O2/c1-12-10-15(11-13(12)2)27-9-8-18(26)24-20-22-16-6-7-17(21)23-19(16)25(20)14-4-3-5-14/h6-7,12-15H,3-5,8-11H2,1-2H3,(H,22,24,26)/t12-,13+,15?. The summed E-state index contributed by atoms with van der Waals surface area (Å²) >= 11 is 6.07. The zero-order chi connectivity index (χ0) is 19.0. The first kappa shape index (κ1) is 18.7. The molecule has 3 atom stereocenters. The third-order valence-corrected chi connectivity index (χ3v) is 6.33. The second-order valence-corrected chi connectivity index (χ2v) is 8.47. The first-order valence-corrected chi connectivity index (χ1v) is 10.3. The summed E-state index contributed by atoms with van der Waals surface area (Å²) < 4.78 is 7.95. The fourth-order valence-electron chi connectivity index (χ4n) is 4.06. The quantitative estimate of drug-likeness (QED) is 0.732. The minimum atomic E-state index is -0.0731. The number of pyridine rings is 1. The molecule has 1 N–H and O–H groups in total. The molecule has 146 valence electrons. The smallest absolute Gasteiger partial charge is 0.229 e. The van der Waals surface area contributed by atoms with E-state index >= 15 is 0 Å². The lowest BCUT2D eigenvalue weighted by Gasteiger charge is -2.28. The van der Waals surface area contributed by atoms with Crippen LogP contribution in [0.4, 0.5) is 5.95 Å². The number of carbonyl (C=O) groups excluding carboxylic acids is 1. The monoisotopic (exact) mass is 390 g/mol. The van der Waals surface area contributed by atoms with Gasteiger partial charge in [0, 0.05) is 6.04 Å². The Bertz CT molecular complexity index is 823. The molecule has 27 heavy (non-hydrogen) atoms. The molecule has 1 unspecified atom stereocenters. The molecule has 0 radical (unpaired) electrons. The lowest BCUT2D eigenvalue weighted by atomic mass is 9.93. The van der Waals surface area contributed by atoms with E-state index in [1.807, 2.05) is 10.6 Å². The van der Waals surface area contributed by atoms with E-state index in [1.54, 1.807) is 6.07 Å². The van der Waals surface area contributed by atoms with Gasteiger partial charge in [0.25, 0.3) is 0 Å². The number of aromatic nitrogens is 3. The summed E-state index contributed by atoms with van der Waals surface area (Å²) in [6.07, 6.45) is 6.13. The van der Waals surface area contributed by atoms with Crippen LogP contribution >= 0.6 is 11.6 Å². The van der Waals surface area contributed by atoms with Crippen molar-refractivity contribution in [2.45, 2.75) is 64.5 Å². The van der Waals surface area contributed by atoms with Gasteiger partial charge >= 0.3 is 0 Å². The van der Waals surface area contributed by atoms with Crippen molar-refractivity contribution < 1.29 is 9.53 Å². The molecule has 0 spiro atoms. The van der Waals surface area contributed by atoms with Crippen molar-refractivity contribution in [3.05, 3.63) is 17.3 Å². The summed E-state index contributed by atoms with van der Waals surface area (Å²) in [4.78, 5) is 21.4. The average molecular weight is 391 g/mol. The number of hydrogen-bond donors (Lipinski definition) is 1. The maximum Gasteiger partial charge on any atom is 0.229 e. The van der Waals surface area contributed by atoms with Crippen molar-refractivity contribution in [3.8, 4) is 0 Å². The van der Waals surface area contributed by atoms with Gasteiger partial charge in [-0.2, -0.15) is 0 Å². The number of imidazole rings is 1. The highest BCUT2D eigenvalue weighted by Crippen LogP contribution is 2.37.